The van der Waals surface area contributed by atoms with Crippen LogP contribution in [-0.4, -0.2) is 11.8 Å². The van der Waals surface area contributed by atoms with Gasteiger partial charge in [-0.1, -0.05) is 12.1 Å². The predicted octanol–water partition coefficient (Wildman–Crippen LogP) is 3.65. The van der Waals surface area contributed by atoms with Crippen molar-refractivity contribution in [2.75, 3.05) is 4.90 Å². The van der Waals surface area contributed by atoms with Gasteiger partial charge in [-0.2, -0.15) is 13.2 Å². The molecule has 7 heteroatoms. The van der Waals surface area contributed by atoms with Gasteiger partial charge in [0.15, 0.2) is 0 Å². The maximum Gasteiger partial charge on any atom is 0.416 e. The fourth-order valence-electron chi connectivity index (χ4n) is 2.27. The van der Waals surface area contributed by atoms with Crippen molar-refractivity contribution in [3.8, 4) is 0 Å². The highest BCUT2D eigenvalue weighted by molar-refractivity contribution is 6.34. The van der Waals surface area contributed by atoms with Gasteiger partial charge in [0.2, 0.25) is 0 Å². The summed E-state index contributed by atoms with van der Waals surface area (Å²) in [5.74, 6) is -2.82. The first-order valence-electron chi connectivity index (χ1n) is 6.15. The minimum absolute atomic E-state index is 0.0896. The van der Waals surface area contributed by atoms with E-state index >= 15 is 0 Å². The molecular weight excluding hydrogens is 302 g/mol. The molecule has 2 aromatic rings. The minimum Gasteiger partial charge on any atom is -0.268 e. The summed E-state index contributed by atoms with van der Waals surface area (Å²) >= 11 is 0. The van der Waals surface area contributed by atoms with E-state index in [0.29, 0.717) is 11.0 Å². The smallest absolute Gasteiger partial charge is 0.268 e. The second kappa shape index (κ2) is 4.66. The number of carbonyl (C=O) groups is 2. The molecule has 0 saturated heterocycles. The Morgan fingerprint density at radius 2 is 1.41 bits per heavy atom. The highest BCUT2D eigenvalue weighted by atomic mass is 19.4. The number of rotatable bonds is 1. The van der Waals surface area contributed by atoms with E-state index in [0.717, 1.165) is 6.07 Å². The van der Waals surface area contributed by atoms with Gasteiger partial charge < -0.3 is 0 Å². The molecule has 0 bridgehead atoms. The van der Waals surface area contributed by atoms with Crippen molar-refractivity contribution in [2.24, 2.45) is 0 Å². The molecule has 0 aliphatic carbocycles. The van der Waals surface area contributed by atoms with E-state index in [1.54, 1.807) is 0 Å². The number of hydrogen-bond donors (Lipinski definition) is 0. The summed E-state index contributed by atoms with van der Waals surface area (Å²) in [5, 5.41) is 0. The van der Waals surface area contributed by atoms with E-state index in [-0.39, 0.29) is 17.2 Å². The Morgan fingerprint density at radius 3 is 1.86 bits per heavy atom. The number of nitrogens with zero attached hydrogens (tertiary/aromatic N) is 1. The molecule has 22 heavy (non-hydrogen) atoms. The lowest BCUT2D eigenvalue weighted by atomic mass is 10.1. The molecule has 2 aromatic carbocycles. The molecule has 3 rings (SSSR count). The number of amides is 2. The molecule has 0 atom stereocenters. The molecule has 3 nitrogen and oxygen atoms in total. The summed E-state index contributed by atoms with van der Waals surface area (Å²) in [6.07, 6.45) is -4.71. The summed E-state index contributed by atoms with van der Waals surface area (Å²) in [5.41, 5.74) is -1.51. The van der Waals surface area contributed by atoms with Gasteiger partial charge in [-0.15, -0.1) is 0 Å². The quantitative estimate of drug-likeness (QED) is 0.596. The molecule has 0 radical (unpaired) electrons. The highest BCUT2D eigenvalue weighted by Crippen LogP contribution is 2.34. The number of carbonyl (C=O) groups excluding carboxylic acids is 2. The van der Waals surface area contributed by atoms with Gasteiger partial charge >= 0.3 is 6.18 Å². The van der Waals surface area contributed by atoms with E-state index in [1.807, 2.05) is 0 Å². The molecule has 0 unspecified atom stereocenters. The second-order valence-corrected chi connectivity index (χ2v) is 4.66. The average Bonchev–Trinajstić information content (AvgIpc) is 2.71. The topological polar surface area (TPSA) is 37.4 Å². The number of halogens is 4. The van der Waals surface area contributed by atoms with Crippen LogP contribution < -0.4 is 4.90 Å². The van der Waals surface area contributed by atoms with Crippen molar-refractivity contribution in [3.05, 3.63) is 65.0 Å². The third-order valence-electron chi connectivity index (χ3n) is 3.31. The van der Waals surface area contributed by atoms with Gasteiger partial charge in [-0.3, -0.25) is 9.59 Å². The number of anilines is 1. The van der Waals surface area contributed by atoms with Gasteiger partial charge in [-0.25, -0.2) is 9.29 Å². The van der Waals surface area contributed by atoms with Gasteiger partial charge in [0, 0.05) is 0 Å². The predicted molar refractivity (Wildman–Crippen MR) is 69.0 cm³/mol. The largest absolute Gasteiger partial charge is 0.416 e. The third kappa shape index (κ3) is 2.05. The van der Waals surface area contributed by atoms with Crippen LogP contribution in [0.1, 0.15) is 26.3 Å². The zero-order valence-electron chi connectivity index (χ0n) is 10.8. The Labute approximate surface area is 121 Å². The Balaban J connectivity index is 2.07. The molecule has 0 aromatic heterocycles. The first-order chi connectivity index (χ1) is 10.3. The maximum atomic E-state index is 14.0. The van der Waals surface area contributed by atoms with Crippen LogP contribution in [-0.2, 0) is 6.18 Å². The molecule has 1 aliphatic heterocycles. The monoisotopic (exact) mass is 309 g/mol. The standard InChI is InChI=1S/C15H7F4NO2/c16-11-7-8(15(17,18)19)5-6-12(11)20-13(21)9-3-1-2-4-10(9)14(20)22/h1-7H. The Bertz CT molecular complexity index is 763. The zero-order chi connectivity index (χ0) is 16.1. The van der Waals surface area contributed by atoms with Crippen LogP contribution in [0.15, 0.2) is 42.5 Å². The molecule has 0 N–H and O–H groups in total. The van der Waals surface area contributed by atoms with Crippen LogP contribution in [0, 0.1) is 5.82 Å². The number of hydrogen-bond acceptors (Lipinski definition) is 2. The van der Waals surface area contributed by atoms with Crippen molar-refractivity contribution in [1.29, 1.82) is 0 Å². The van der Waals surface area contributed by atoms with E-state index in [2.05, 4.69) is 0 Å². The van der Waals surface area contributed by atoms with Crippen LogP contribution in [0.25, 0.3) is 0 Å². The number of alkyl halides is 3. The summed E-state index contributed by atoms with van der Waals surface area (Å²) < 4.78 is 51.5. The minimum atomic E-state index is -4.71. The normalized spacial score (nSPS) is 14.5. The summed E-state index contributed by atoms with van der Waals surface area (Å²) in [4.78, 5) is 24.9. The molecule has 0 fully saturated rings. The maximum absolute atomic E-state index is 14.0. The zero-order valence-corrected chi connectivity index (χ0v) is 10.8. The van der Waals surface area contributed by atoms with Crippen molar-refractivity contribution < 1.29 is 27.2 Å². The lowest BCUT2D eigenvalue weighted by Gasteiger charge is -2.16. The van der Waals surface area contributed by atoms with Crippen LogP contribution in [0.2, 0.25) is 0 Å². The lowest BCUT2D eigenvalue weighted by molar-refractivity contribution is -0.137. The van der Waals surface area contributed by atoms with Crippen LogP contribution >= 0.6 is 0 Å². The Morgan fingerprint density at radius 1 is 0.864 bits per heavy atom. The second-order valence-electron chi connectivity index (χ2n) is 4.66. The SMILES string of the molecule is O=C1c2ccccc2C(=O)N1c1ccc(C(F)(F)F)cc1F. The summed E-state index contributed by atoms with van der Waals surface area (Å²) in [7, 11) is 0. The van der Waals surface area contributed by atoms with E-state index in [9.17, 15) is 27.2 Å². The lowest BCUT2D eigenvalue weighted by Crippen LogP contribution is -2.30. The Hall–Kier alpha value is -2.70. The fraction of sp³-hybridized carbons (Fsp3) is 0.0667. The number of benzene rings is 2. The van der Waals surface area contributed by atoms with Gasteiger partial charge in [0.05, 0.1) is 22.4 Å². The van der Waals surface area contributed by atoms with Gasteiger partial charge in [0.1, 0.15) is 5.82 Å². The van der Waals surface area contributed by atoms with Crippen LogP contribution in [0.5, 0.6) is 0 Å². The Kier molecular flexibility index (Phi) is 3.01. The molecular formula is C15H7F4NO2. The number of imide groups is 1. The van der Waals surface area contributed by atoms with E-state index < -0.39 is 35.1 Å². The van der Waals surface area contributed by atoms with Crippen molar-refractivity contribution in [2.45, 2.75) is 6.18 Å². The van der Waals surface area contributed by atoms with Crippen LogP contribution in [0.3, 0.4) is 0 Å². The number of fused-ring (bicyclic) bond motifs is 1. The molecule has 112 valence electrons. The summed E-state index contributed by atoms with van der Waals surface area (Å²) in [6.45, 7) is 0. The first-order valence-corrected chi connectivity index (χ1v) is 6.15. The summed E-state index contributed by atoms with van der Waals surface area (Å²) in [6, 6.07) is 7.54. The molecule has 0 spiro atoms. The highest BCUT2D eigenvalue weighted by Gasteiger charge is 2.38. The van der Waals surface area contributed by atoms with E-state index in [4.69, 9.17) is 0 Å². The average molecular weight is 309 g/mol. The molecule has 1 aliphatic rings. The fourth-order valence-corrected chi connectivity index (χ4v) is 2.27. The molecule has 0 saturated carbocycles. The van der Waals surface area contributed by atoms with Crippen molar-refractivity contribution >= 4 is 17.5 Å². The van der Waals surface area contributed by atoms with Crippen molar-refractivity contribution in [3.63, 3.8) is 0 Å². The van der Waals surface area contributed by atoms with Gasteiger partial charge in [0.25, 0.3) is 11.8 Å². The molecule has 1 heterocycles. The first kappa shape index (κ1) is 14.2. The third-order valence-corrected chi connectivity index (χ3v) is 3.31. The van der Waals surface area contributed by atoms with Crippen molar-refractivity contribution in [1.82, 2.24) is 0 Å². The van der Waals surface area contributed by atoms with Crippen LogP contribution in [0.4, 0.5) is 23.2 Å². The van der Waals surface area contributed by atoms with Gasteiger partial charge in [-0.05, 0) is 30.3 Å². The van der Waals surface area contributed by atoms with E-state index in [1.165, 1.54) is 24.3 Å². The molecule has 2 amide bonds.